The van der Waals surface area contributed by atoms with Crippen molar-refractivity contribution in [2.75, 3.05) is 0 Å². The summed E-state index contributed by atoms with van der Waals surface area (Å²) in [4.78, 5) is 13.2. The number of fused-ring (bicyclic) bond motifs is 1. The predicted molar refractivity (Wildman–Crippen MR) is 96.0 cm³/mol. The third-order valence-electron chi connectivity index (χ3n) is 4.58. The molecule has 2 aromatic rings. The molecule has 128 valence electrons. The summed E-state index contributed by atoms with van der Waals surface area (Å²) < 4.78 is 7.33. The molecule has 1 aromatic carbocycles. The first kappa shape index (κ1) is 16.8. The number of hydrogen-bond acceptors (Lipinski definition) is 4. The van der Waals surface area contributed by atoms with Crippen LogP contribution in [0.5, 0.6) is 5.75 Å². The second kappa shape index (κ2) is 6.48. The molecule has 1 aromatic heterocycles. The van der Waals surface area contributed by atoms with E-state index in [9.17, 15) is 10.1 Å². The van der Waals surface area contributed by atoms with Gasteiger partial charge in [-0.25, -0.2) is 0 Å². The van der Waals surface area contributed by atoms with Crippen LogP contribution in [0.3, 0.4) is 0 Å². The van der Waals surface area contributed by atoms with Gasteiger partial charge in [-0.1, -0.05) is 44.2 Å². The average molecular weight is 335 g/mol. The molecule has 1 aliphatic heterocycles. The van der Waals surface area contributed by atoms with Crippen molar-refractivity contribution in [2.45, 2.75) is 33.2 Å². The first-order valence-corrected chi connectivity index (χ1v) is 8.30. The first-order valence-electron chi connectivity index (χ1n) is 8.30. The third-order valence-corrected chi connectivity index (χ3v) is 4.58. The fourth-order valence-corrected chi connectivity index (χ4v) is 3.35. The molecule has 2 heterocycles. The Morgan fingerprint density at radius 3 is 2.60 bits per heavy atom. The highest BCUT2D eigenvalue weighted by Crippen LogP contribution is 2.40. The van der Waals surface area contributed by atoms with E-state index in [0.717, 1.165) is 11.3 Å². The Balaban J connectivity index is 2.18. The normalized spacial score (nSPS) is 16.4. The molecule has 2 N–H and O–H groups in total. The number of pyridine rings is 1. The van der Waals surface area contributed by atoms with Gasteiger partial charge < -0.3 is 15.0 Å². The maximum absolute atomic E-state index is 13.2. The maximum Gasteiger partial charge on any atom is 0.258 e. The Bertz CT molecular complexity index is 934. The van der Waals surface area contributed by atoms with E-state index in [1.165, 1.54) is 0 Å². The van der Waals surface area contributed by atoms with Crippen LogP contribution in [0, 0.1) is 24.2 Å². The van der Waals surface area contributed by atoms with Crippen molar-refractivity contribution in [3.8, 4) is 11.8 Å². The van der Waals surface area contributed by atoms with Crippen molar-refractivity contribution < 1.29 is 4.74 Å². The lowest BCUT2D eigenvalue weighted by Gasteiger charge is -2.29. The fourth-order valence-electron chi connectivity index (χ4n) is 3.35. The number of benzene rings is 1. The molecule has 0 amide bonds. The Morgan fingerprint density at radius 1 is 1.32 bits per heavy atom. The van der Waals surface area contributed by atoms with Gasteiger partial charge >= 0.3 is 0 Å². The molecule has 0 bridgehead atoms. The Hall–Kier alpha value is -3.00. The molecule has 1 unspecified atom stereocenters. The minimum Gasteiger partial charge on any atom is -0.440 e. The van der Waals surface area contributed by atoms with Crippen molar-refractivity contribution in [1.82, 2.24) is 4.57 Å². The summed E-state index contributed by atoms with van der Waals surface area (Å²) in [6.45, 7) is 6.30. The highest BCUT2D eigenvalue weighted by Gasteiger charge is 2.34. The fraction of sp³-hybridized carbons (Fsp3) is 0.300. The minimum atomic E-state index is -0.358. The van der Waals surface area contributed by atoms with Gasteiger partial charge in [0.25, 0.3) is 5.56 Å². The Morgan fingerprint density at radius 2 is 2.00 bits per heavy atom. The van der Waals surface area contributed by atoms with Crippen LogP contribution >= 0.6 is 0 Å². The lowest BCUT2D eigenvalue weighted by atomic mass is 9.81. The first-order chi connectivity index (χ1) is 11.9. The molecular weight excluding hydrogens is 314 g/mol. The summed E-state index contributed by atoms with van der Waals surface area (Å²) in [7, 11) is 0. The minimum absolute atomic E-state index is 0.0523. The number of ether oxygens (including phenoxy) is 1. The van der Waals surface area contributed by atoms with Gasteiger partial charge in [0.1, 0.15) is 11.8 Å². The van der Waals surface area contributed by atoms with E-state index in [4.69, 9.17) is 10.5 Å². The zero-order valence-electron chi connectivity index (χ0n) is 14.6. The zero-order chi connectivity index (χ0) is 18.1. The molecule has 0 fully saturated rings. The lowest BCUT2D eigenvalue weighted by Crippen LogP contribution is -2.34. The highest BCUT2D eigenvalue weighted by atomic mass is 16.5. The SMILES string of the molecule is Cc1cc2c(c(=O)n1Cc1ccccc1)C(C(C)C)C(C#N)=C(N)O2. The number of aryl methyl sites for hydroxylation is 1. The summed E-state index contributed by atoms with van der Waals surface area (Å²) in [5.74, 6) is 0.246. The maximum atomic E-state index is 13.2. The van der Waals surface area contributed by atoms with E-state index in [2.05, 4.69) is 6.07 Å². The van der Waals surface area contributed by atoms with Gasteiger partial charge in [0, 0.05) is 17.7 Å². The molecule has 5 heteroatoms. The average Bonchev–Trinajstić information content (AvgIpc) is 2.58. The molecular formula is C20H21N3O2. The molecule has 0 saturated heterocycles. The van der Waals surface area contributed by atoms with Crippen LogP contribution < -0.4 is 16.0 Å². The summed E-state index contributed by atoms with van der Waals surface area (Å²) >= 11 is 0. The van der Waals surface area contributed by atoms with Crippen LogP contribution in [0.15, 0.2) is 52.6 Å². The van der Waals surface area contributed by atoms with E-state index < -0.39 is 0 Å². The quantitative estimate of drug-likeness (QED) is 0.935. The summed E-state index contributed by atoms with van der Waals surface area (Å²) in [5.41, 5.74) is 8.48. The van der Waals surface area contributed by atoms with Crippen LogP contribution in [-0.2, 0) is 6.54 Å². The number of nitrogens with two attached hydrogens (primary N) is 1. The smallest absolute Gasteiger partial charge is 0.258 e. The van der Waals surface area contributed by atoms with Crippen molar-refractivity contribution in [3.05, 3.63) is 75.0 Å². The van der Waals surface area contributed by atoms with Gasteiger partial charge in [-0.05, 0) is 18.4 Å². The number of hydrogen-bond donors (Lipinski definition) is 1. The number of nitriles is 1. The topological polar surface area (TPSA) is 81.0 Å². The molecule has 0 saturated carbocycles. The van der Waals surface area contributed by atoms with E-state index in [0.29, 0.717) is 23.4 Å². The largest absolute Gasteiger partial charge is 0.440 e. The second-order valence-electron chi connectivity index (χ2n) is 6.65. The monoisotopic (exact) mass is 335 g/mol. The van der Waals surface area contributed by atoms with Gasteiger partial charge in [-0.15, -0.1) is 0 Å². The molecule has 0 radical (unpaired) electrons. The van der Waals surface area contributed by atoms with Crippen LogP contribution in [-0.4, -0.2) is 4.57 Å². The van der Waals surface area contributed by atoms with E-state index in [1.807, 2.05) is 57.2 Å². The summed E-state index contributed by atoms with van der Waals surface area (Å²) in [6, 6.07) is 13.8. The third kappa shape index (κ3) is 2.91. The zero-order valence-corrected chi connectivity index (χ0v) is 14.6. The summed E-state index contributed by atoms with van der Waals surface area (Å²) in [5, 5.41) is 9.48. The van der Waals surface area contributed by atoms with Crippen molar-refractivity contribution in [3.63, 3.8) is 0 Å². The standard InChI is InChI=1S/C20H21N3O2/c1-12(2)17-15(10-21)19(22)25-16-9-13(3)23(20(24)18(16)17)11-14-7-5-4-6-8-14/h4-9,12,17H,11,22H2,1-3H3. The predicted octanol–water partition coefficient (Wildman–Crippen LogP) is 3.03. The van der Waals surface area contributed by atoms with Gasteiger partial charge in [0.15, 0.2) is 0 Å². The molecule has 3 rings (SSSR count). The van der Waals surface area contributed by atoms with E-state index in [1.54, 1.807) is 4.57 Å². The van der Waals surface area contributed by atoms with Crippen molar-refractivity contribution in [1.29, 1.82) is 5.26 Å². The lowest BCUT2D eigenvalue weighted by molar-refractivity contribution is 0.366. The number of aromatic nitrogens is 1. The van der Waals surface area contributed by atoms with Crippen molar-refractivity contribution >= 4 is 0 Å². The van der Waals surface area contributed by atoms with Crippen LogP contribution in [0.2, 0.25) is 0 Å². The molecule has 1 aliphatic rings. The van der Waals surface area contributed by atoms with Crippen LogP contribution in [0.4, 0.5) is 0 Å². The molecule has 0 aliphatic carbocycles. The van der Waals surface area contributed by atoms with E-state index in [-0.39, 0.29) is 23.3 Å². The Labute approximate surface area is 147 Å². The number of allylic oxidation sites excluding steroid dienone is 1. The number of rotatable bonds is 3. The molecule has 1 atom stereocenters. The molecule has 25 heavy (non-hydrogen) atoms. The van der Waals surface area contributed by atoms with Gasteiger partial charge in [-0.3, -0.25) is 4.79 Å². The van der Waals surface area contributed by atoms with Gasteiger partial charge in [0.2, 0.25) is 5.88 Å². The van der Waals surface area contributed by atoms with E-state index >= 15 is 0 Å². The summed E-state index contributed by atoms with van der Waals surface area (Å²) in [6.07, 6.45) is 0. The Kier molecular flexibility index (Phi) is 4.37. The van der Waals surface area contributed by atoms with Crippen LogP contribution in [0.25, 0.3) is 0 Å². The van der Waals surface area contributed by atoms with Crippen molar-refractivity contribution in [2.24, 2.45) is 11.7 Å². The van der Waals surface area contributed by atoms with Gasteiger partial charge in [0.05, 0.1) is 17.7 Å². The molecule has 5 nitrogen and oxygen atoms in total. The number of nitrogens with zero attached hydrogens (tertiary/aromatic N) is 2. The van der Waals surface area contributed by atoms with Gasteiger partial charge in [-0.2, -0.15) is 5.26 Å². The highest BCUT2D eigenvalue weighted by molar-refractivity contribution is 5.50. The molecule has 0 spiro atoms. The van der Waals surface area contributed by atoms with Crippen LogP contribution in [0.1, 0.15) is 36.6 Å². The second-order valence-corrected chi connectivity index (χ2v) is 6.65.